The molecule has 14 heavy (non-hydrogen) atoms. The minimum absolute atomic E-state index is 0. The van der Waals surface area contributed by atoms with E-state index in [9.17, 15) is 4.39 Å². The Bertz CT molecular complexity index is 315. The second-order valence-corrected chi connectivity index (χ2v) is 3.53. The van der Waals surface area contributed by atoms with Gasteiger partial charge in [-0.05, 0) is 36.0 Å². The number of rotatable bonds is 4. The average molecular weight is 197 g/mol. The van der Waals surface area contributed by atoms with Crippen LogP contribution in [0.4, 0.5) is 4.39 Å². The van der Waals surface area contributed by atoms with Gasteiger partial charge in [-0.25, -0.2) is 4.39 Å². The molecule has 0 saturated carbocycles. The Hall–Kier alpha value is -0.930. The van der Waals surface area contributed by atoms with Crippen molar-refractivity contribution < 1.29 is 9.50 Å². The fraction of sp³-hybridized carbons (Fsp3) is 0.455. The van der Waals surface area contributed by atoms with Gasteiger partial charge in [0.1, 0.15) is 5.83 Å². The third kappa shape index (κ3) is 1.79. The molecule has 2 aliphatic rings. The fourth-order valence-electron chi connectivity index (χ4n) is 1.90. The van der Waals surface area contributed by atoms with Gasteiger partial charge in [0.2, 0.25) is 0 Å². The maximum atomic E-state index is 13.4. The molecule has 0 atom stereocenters. The van der Waals surface area contributed by atoms with Crippen LogP contribution in [0.3, 0.4) is 0 Å². The first kappa shape index (κ1) is 11.1. The van der Waals surface area contributed by atoms with Gasteiger partial charge >= 0.3 is 0 Å². The summed E-state index contributed by atoms with van der Waals surface area (Å²) in [7, 11) is 0. The van der Waals surface area contributed by atoms with Crippen molar-refractivity contribution in [3.63, 3.8) is 0 Å². The van der Waals surface area contributed by atoms with Crippen LogP contribution in [0.2, 0.25) is 0 Å². The van der Waals surface area contributed by atoms with Crippen LogP contribution in [0, 0.1) is 0 Å². The average Bonchev–Trinajstić information content (AvgIpc) is 2.69. The van der Waals surface area contributed by atoms with Crippen molar-refractivity contribution in [2.75, 3.05) is 6.61 Å². The summed E-state index contributed by atoms with van der Waals surface area (Å²) >= 11 is 0. The van der Waals surface area contributed by atoms with Crippen LogP contribution in [0.15, 0.2) is 34.7 Å². The number of hydrogen-bond donors (Lipinski definition) is 2. The topological polar surface area (TPSA) is 55.2 Å². The van der Waals surface area contributed by atoms with E-state index in [1.54, 1.807) is 0 Å². The van der Waals surface area contributed by atoms with E-state index in [-0.39, 0.29) is 18.6 Å². The Labute approximate surface area is 83.4 Å². The van der Waals surface area contributed by atoms with E-state index >= 15 is 0 Å². The maximum absolute atomic E-state index is 13.4. The van der Waals surface area contributed by atoms with Crippen molar-refractivity contribution in [2.24, 2.45) is 0 Å². The van der Waals surface area contributed by atoms with Gasteiger partial charge in [-0.1, -0.05) is 12.2 Å². The second kappa shape index (κ2) is 4.53. The number of unbranched alkanes of at least 4 members (excludes halogenated alkanes) is 1. The Balaban J connectivity index is 0.000000980. The highest BCUT2D eigenvalue weighted by molar-refractivity contribution is 5.57. The SMILES string of the molecule is N.OCCCCC1=C2C=CC(=C1F)C2. The summed E-state index contributed by atoms with van der Waals surface area (Å²) in [6, 6.07) is 0. The highest BCUT2D eigenvalue weighted by Crippen LogP contribution is 2.41. The molecule has 2 rings (SSSR count). The number of allylic oxidation sites excluding steroid dienone is 6. The Morgan fingerprint density at radius 1 is 1.21 bits per heavy atom. The summed E-state index contributed by atoms with van der Waals surface area (Å²) in [5.74, 6) is -0.00422. The normalized spacial score (nSPS) is 18.1. The molecule has 0 unspecified atom stereocenters. The molecule has 0 aromatic heterocycles. The van der Waals surface area contributed by atoms with E-state index in [2.05, 4.69) is 0 Å². The van der Waals surface area contributed by atoms with Crippen LogP contribution in [0.1, 0.15) is 25.7 Å². The molecular weight excluding hydrogens is 181 g/mol. The number of aliphatic hydroxyl groups is 1. The van der Waals surface area contributed by atoms with Crippen LogP contribution in [-0.2, 0) is 0 Å². The summed E-state index contributed by atoms with van der Waals surface area (Å²) in [5, 5.41) is 8.60. The van der Waals surface area contributed by atoms with E-state index in [1.165, 1.54) is 0 Å². The van der Waals surface area contributed by atoms with Crippen LogP contribution < -0.4 is 6.15 Å². The first-order valence-electron chi connectivity index (χ1n) is 4.73. The van der Waals surface area contributed by atoms with Gasteiger partial charge in [0, 0.05) is 13.0 Å². The van der Waals surface area contributed by atoms with Crippen molar-refractivity contribution in [1.82, 2.24) is 6.15 Å². The van der Waals surface area contributed by atoms with Crippen LogP contribution in [0.25, 0.3) is 0 Å². The number of aliphatic hydroxyl groups excluding tert-OH is 1. The number of halogens is 1. The van der Waals surface area contributed by atoms with Gasteiger partial charge in [-0.2, -0.15) is 0 Å². The van der Waals surface area contributed by atoms with Crippen LogP contribution in [0.5, 0.6) is 0 Å². The predicted molar refractivity (Wildman–Crippen MR) is 54.9 cm³/mol. The molecule has 0 radical (unpaired) electrons. The molecular formula is C11H16FNO. The lowest BCUT2D eigenvalue weighted by Crippen LogP contribution is -1.90. The zero-order chi connectivity index (χ0) is 9.26. The lowest BCUT2D eigenvalue weighted by Gasteiger charge is -2.05. The molecule has 0 aliphatic heterocycles. The molecule has 2 aliphatic carbocycles. The minimum atomic E-state index is -0.00422. The lowest BCUT2D eigenvalue weighted by atomic mass is 10.0. The van der Waals surface area contributed by atoms with E-state index in [0.29, 0.717) is 0 Å². The summed E-state index contributed by atoms with van der Waals surface area (Å²) in [4.78, 5) is 0. The van der Waals surface area contributed by atoms with Crippen molar-refractivity contribution in [3.8, 4) is 0 Å². The minimum Gasteiger partial charge on any atom is -0.396 e. The summed E-state index contributed by atoms with van der Waals surface area (Å²) in [5.41, 5.74) is 2.87. The molecule has 2 bridgehead atoms. The highest BCUT2D eigenvalue weighted by Gasteiger charge is 2.25. The van der Waals surface area contributed by atoms with Crippen LogP contribution in [-0.4, -0.2) is 11.7 Å². The number of hydrogen-bond acceptors (Lipinski definition) is 2. The van der Waals surface area contributed by atoms with E-state index < -0.39 is 0 Å². The summed E-state index contributed by atoms with van der Waals surface area (Å²) in [6.07, 6.45) is 7.08. The second-order valence-electron chi connectivity index (χ2n) is 3.53. The first-order chi connectivity index (χ1) is 6.33. The molecule has 0 spiro atoms. The Morgan fingerprint density at radius 2 is 1.93 bits per heavy atom. The van der Waals surface area contributed by atoms with Gasteiger partial charge in [0.05, 0.1) is 0 Å². The highest BCUT2D eigenvalue weighted by atomic mass is 19.1. The van der Waals surface area contributed by atoms with Crippen molar-refractivity contribution in [2.45, 2.75) is 25.7 Å². The van der Waals surface area contributed by atoms with Crippen molar-refractivity contribution in [3.05, 3.63) is 34.7 Å². The predicted octanol–water partition coefficient (Wildman–Crippen LogP) is 2.80. The monoisotopic (exact) mass is 197 g/mol. The molecule has 0 aromatic carbocycles. The zero-order valence-corrected chi connectivity index (χ0v) is 8.22. The van der Waals surface area contributed by atoms with E-state index in [1.807, 2.05) is 12.2 Å². The van der Waals surface area contributed by atoms with Crippen molar-refractivity contribution in [1.29, 1.82) is 0 Å². The molecule has 2 nitrogen and oxygen atoms in total. The standard InChI is InChI=1S/C11H13FO.H3N/c12-11-9-5-4-8(7-9)10(11)3-1-2-6-13;/h4-5,13H,1-3,6-7H2;1H3. The van der Waals surface area contributed by atoms with Gasteiger partial charge in [-0.15, -0.1) is 0 Å². The zero-order valence-electron chi connectivity index (χ0n) is 8.22. The summed E-state index contributed by atoms with van der Waals surface area (Å²) in [6.45, 7) is 0.205. The third-order valence-electron chi connectivity index (χ3n) is 2.64. The Kier molecular flexibility index (Phi) is 3.61. The van der Waals surface area contributed by atoms with Gasteiger partial charge < -0.3 is 11.3 Å². The molecule has 0 fully saturated rings. The van der Waals surface area contributed by atoms with Crippen molar-refractivity contribution >= 4 is 0 Å². The third-order valence-corrected chi connectivity index (χ3v) is 2.64. The molecule has 78 valence electrons. The van der Waals surface area contributed by atoms with Gasteiger partial charge in [0.25, 0.3) is 0 Å². The van der Waals surface area contributed by atoms with Gasteiger partial charge in [0.15, 0.2) is 0 Å². The fourth-order valence-corrected chi connectivity index (χ4v) is 1.90. The summed E-state index contributed by atoms with van der Waals surface area (Å²) < 4.78 is 13.4. The molecule has 3 heteroatoms. The molecule has 0 aromatic rings. The smallest absolute Gasteiger partial charge is 0.130 e. The largest absolute Gasteiger partial charge is 0.396 e. The Morgan fingerprint density at radius 3 is 2.50 bits per heavy atom. The number of fused-ring (bicyclic) bond motifs is 2. The quantitative estimate of drug-likeness (QED) is 0.681. The maximum Gasteiger partial charge on any atom is 0.130 e. The lowest BCUT2D eigenvalue weighted by molar-refractivity contribution is 0.284. The van der Waals surface area contributed by atoms with E-state index in [4.69, 9.17) is 5.11 Å². The van der Waals surface area contributed by atoms with E-state index in [0.717, 1.165) is 42.4 Å². The van der Waals surface area contributed by atoms with Gasteiger partial charge in [-0.3, -0.25) is 0 Å². The molecule has 0 saturated heterocycles. The molecule has 0 amide bonds. The molecule has 4 N–H and O–H groups in total. The van der Waals surface area contributed by atoms with Crippen LogP contribution >= 0.6 is 0 Å². The first-order valence-corrected chi connectivity index (χ1v) is 4.73. The molecule has 0 heterocycles.